The van der Waals surface area contributed by atoms with Gasteiger partial charge in [-0.15, -0.1) is 0 Å². The van der Waals surface area contributed by atoms with E-state index in [1.807, 2.05) is 24.4 Å². The van der Waals surface area contributed by atoms with Gasteiger partial charge < -0.3 is 10.6 Å². The van der Waals surface area contributed by atoms with Crippen molar-refractivity contribution in [3.63, 3.8) is 0 Å². The maximum absolute atomic E-state index is 4.50. The van der Waals surface area contributed by atoms with Crippen LogP contribution < -0.4 is 10.6 Å². The fourth-order valence-electron chi connectivity index (χ4n) is 2.70. The summed E-state index contributed by atoms with van der Waals surface area (Å²) in [4.78, 5) is 8.79. The number of benzene rings is 2. The fourth-order valence-corrected chi connectivity index (χ4v) is 2.70. The molecule has 0 spiro atoms. The smallest absolute Gasteiger partial charge is 0.191 e. The van der Waals surface area contributed by atoms with Crippen LogP contribution in [0.25, 0.3) is 10.8 Å². The highest BCUT2D eigenvalue weighted by Crippen LogP contribution is 2.15. The maximum atomic E-state index is 4.50. The number of aryl methyl sites for hydroxylation is 1. The van der Waals surface area contributed by atoms with Crippen molar-refractivity contribution in [2.75, 3.05) is 7.05 Å². The Morgan fingerprint density at radius 1 is 0.958 bits per heavy atom. The average molecular weight is 318 g/mol. The van der Waals surface area contributed by atoms with Crippen molar-refractivity contribution in [1.82, 2.24) is 15.6 Å². The van der Waals surface area contributed by atoms with E-state index in [-0.39, 0.29) is 0 Å². The molecule has 0 fully saturated rings. The second kappa shape index (κ2) is 7.59. The lowest BCUT2D eigenvalue weighted by atomic mass is 10.1. The second-order valence-electron chi connectivity index (χ2n) is 5.68. The topological polar surface area (TPSA) is 49.3 Å². The van der Waals surface area contributed by atoms with Gasteiger partial charge in [-0.25, -0.2) is 0 Å². The summed E-state index contributed by atoms with van der Waals surface area (Å²) in [6, 6.07) is 18.7. The molecule has 1 aromatic heterocycles. The number of pyridine rings is 1. The van der Waals surface area contributed by atoms with Crippen LogP contribution in [-0.2, 0) is 13.1 Å². The van der Waals surface area contributed by atoms with E-state index in [9.17, 15) is 0 Å². The van der Waals surface area contributed by atoms with Gasteiger partial charge in [0, 0.05) is 25.2 Å². The van der Waals surface area contributed by atoms with Crippen LogP contribution in [0.15, 0.2) is 65.8 Å². The molecule has 0 atom stereocenters. The first kappa shape index (κ1) is 16.0. The van der Waals surface area contributed by atoms with Gasteiger partial charge in [0.05, 0.1) is 12.2 Å². The molecule has 24 heavy (non-hydrogen) atoms. The average Bonchev–Trinajstić information content (AvgIpc) is 2.63. The molecule has 0 saturated heterocycles. The Balaban J connectivity index is 1.65. The lowest BCUT2D eigenvalue weighted by molar-refractivity contribution is 0.796. The highest BCUT2D eigenvalue weighted by atomic mass is 15.2. The highest BCUT2D eigenvalue weighted by Gasteiger charge is 2.04. The molecular weight excluding hydrogens is 296 g/mol. The quantitative estimate of drug-likeness (QED) is 0.572. The van der Waals surface area contributed by atoms with Crippen LogP contribution in [-0.4, -0.2) is 18.0 Å². The first-order chi connectivity index (χ1) is 11.8. The van der Waals surface area contributed by atoms with Crippen molar-refractivity contribution in [3.8, 4) is 0 Å². The van der Waals surface area contributed by atoms with Gasteiger partial charge in [-0.05, 0) is 29.5 Å². The van der Waals surface area contributed by atoms with E-state index >= 15 is 0 Å². The fraction of sp³-hybridized carbons (Fsp3) is 0.200. The summed E-state index contributed by atoms with van der Waals surface area (Å²) in [5.74, 6) is 0.771. The predicted octanol–water partition coefficient (Wildman–Crippen LogP) is 3.41. The zero-order chi connectivity index (χ0) is 16.8. The minimum atomic E-state index is 0.634. The maximum Gasteiger partial charge on any atom is 0.191 e. The molecule has 1 heterocycles. The summed E-state index contributed by atoms with van der Waals surface area (Å²) in [5, 5.41) is 9.07. The Bertz CT molecular complexity index is 850. The predicted molar refractivity (Wildman–Crippen MR) is 100.0 cm³/mol. The molecule has 4 nitrogen and oxygen atoms in total. The standard InChI is InChI=1S/C20H22N4/c1-15-7-3-4-9-17(15)13-23-20(21-2)24-14-19-18-10-6-5-8-16(18)11-12-22-19/h3-12H,13-14H2,1-2H3,(H2,21,23,24). The molecule has 3 aromatic rings. The summed E-state index contributed by atoms with van der Waals surface area (Å²) in [7, 11) is 1.78. The Hall–Kier alpha value is -2.88. The molecule has 0 aliphatic carbocycles. The van der Waals surface area contributed by atoms with Crippen molar-refractivity contribution in [3.05, 3.63) is 77.6 Å². The van der Waals surface area contributed by atoms with Crippen LogP contribution in [0.2, 0.25) is 0 Å². The van der Waals surface area contributed by atoms with Gasteiger partial charge in [0.2, 0.25) is 0 Å². The number of aromatic nitrogens is 1. The first-order valence-electron chi connectivity index (χ1n) is 8.09. The number of hydrogen-bond donors (Lipinski definition) is 2. The van der Waals surface area contributed by atoms with Gasteiger partial charge in [-0.2, -0.15) is 0 Å². The number of guanidine groups is 1. The van der Waals surface area contributed by atoms with Crippen molar-refractivity contribution < 1.29 is 0 Å². The zero-order valence-corrected chi connectivity index (χ0v) is 14.1. The van der Waals surface area contributed by atoms with Crippen molar-refractivity contribution in [1.29, 1.82) is 0 Å². The molecule has 0 amide bonds. The Morgan fingerprint density at radius 3 is 2.54 bits per heavy atom. The van der Waals surface area contributed by atoms with Crippen LogP contribution in [0.4, 0.5) is 0 Å². The van der Waals surface area contributed by atoms with Gasteiger partial charge in [0.15, 0.2) is 5.96 Å². The minimum absolute atomic E-state index is 0.634. The first-order valence-corrected chi connectivity index (χ1v) is 8.09. The molecule has 2 N–H and O–H groups in total. The number of rotatable bonds is 4. The van der Waals surface area contributed by atoms with Crippen molar-refractivity contribution >= 4 is 16.7 Å². The van der Waals surface area contributed by atoms with Gasteiger partial charge >= 0.3 is 0 Å². The van der Waals surface area contributed by atoms with Gasteiger partial charge in [-0.3, -0.25) is 9.98 Å². The number of nitrogens with one attached hydrogen (secondary N) is 2. The highest BCUT2D eigenvalue weighted by molar-refractivity contribution is 5.85. The minimum Gasteiger partial charge on any atom is -0.352 e. The van der Waals surface area contributed by atoms with Crippen LogP contribution in [0.1, 0.15) is 16.8 Å². The second-order valence-corrected chi connectivity index (χ2v) is 5.68. The summed E-state index contributed by atoms with van der Waals surface area (Å²) >= 11 is 0. The van der Waals surface area contributed by atoms with E-state index in [4.69, 9.17) is 0 Å². The summed E-state index contributed by atoms with van der Waals surface area (Å²) < 4.78 is 0. The third kappa shape index (κ3) is 3.71. The van der Waals surface area contributed by atoms with E-state index in [0.717, 1.165) is 18.2 Å². The zero-order valence-electron chi connectivity index (χ0n) is 14.1. The van der Waals surface area contributed by atoms with Crippen molar-refractivity contribution in [2.24, 2.45) is 4.99 Å². The Labute approximate surface area is 142 Å². The molecule has 4 heteroatoms. The molecular formula is C20H22N4. The SMILES string of the molecule is CN=C(NCc1ccccc1C)NCc1nccc2ccccc12. The molecule has 2 aromatic carbocycles. The monoisotopic (exact) mass is 318 g/mol. The molecule has 0 unspecified atom stereocenters. The molecule has 122 valence electrons. The third-order valence-electron chi connectivity index (χ3n) is 4.11. The van der Waals surface area contributed by atoms with Crippen LogP contribution in [0.3, 0.4) is 0 Å². The molecule has 0 aliphatic heterocycles. The molecule has 3 rings (SSSR count). The van der Waals surface area contributed by atoms with Gasteiger partial charge in [-0.1, -0.05) is 48.5 Å². The normalized spacial score (nSPS) is 11.5. The van der Waals surface area contributed by atoms with Crippen LogP contribution in [0.5, 0.6) is 0 Å². The lowest BCUT2D eigenvalue weighted by Crippen LogP contribution is -2.36. The molecule has 0 aliphatic rings. The van der Waals surface area contributed by atoms with Crippen molar-refractivity contribution in [2.45, 2.75) is 20.0 Å². The molecule has 0 saturated carbocycles. The Kier molecular flexibility index (Phi) is 5.06. The van der Waals surface area contributed by atoms with Crippen LogP contribution >= 0.6 is 0 Å². The number of aliphatic imine (C=N–C) groups is 1. The summed E-state index contributed by atoms with van der Waals surface area (Å²) in [6.45, 7) is 3.50. The van der Waals surface area contributed by atoms with E-state index < -0.39 is 0 Å². The van der Waals surface area contributed by atoms with Gasteiger partial charge in [0.25, 0.3) is 0 Å². The van der Waals surface area contributed by atoms with Gasteiger partial charge in [0.1, 0.15) is 0 Å². The van der Waals surface area contributed by atoms with E-state index in [1.54, 1.807) is 7.05 Å². The number of fused-ring (bicyclic) bond motifs is 1. The largest absolute Gasteiger partial charge is 0.352 e. The van der Waals surface area contributed by atoms with E-state index in [1.165, 1.54) is 21.9 Å². The molecule has 0 bridgehead atoms. The van der Waals surface area contributed by atoms with E-state index in [0.29, 0.717) is 6.54 Å². The number of nitrogens with zero attached hydrogens (tertiary/aromatic N) is 2. The number of hydrogen-bond acceptors (Lipinski definition) is 2. The van der Waals surface area contributed by atoms with Crippen LogP contribution in [0, 0.1) is 6.92 Å². The Morgan fingerprint density at radius 2 is 1.71 bits per heavy atom. The summed E-state index contributed by atoms with van der Waals surface area (Å²) in [6.07, 6.45) is 1.85. The molecule has 0 radical (unpaired) electrons. The third-order valence-corrected chi connectivity index (χ3v) is 4.11. The van der Waals surface area contributed by atoms with E-state index in [2.05, 4.69) is 63.9 Å². The summed E-state index contributed by atoms with van der Waals surface area (Å²) in [5.41, 5.74) is 3.56. The lowest BCUT2D eigenvalue weighted by Gasteiger charge is -2.13.